The van der Waals surface area contributed by atoms with Crippen LogP contribution in [0.25, 0.3) is 0 Å². The van der Waals surface area contributed by atoms with Crippen LogP contribution in [0.2, 0.25) is 0 Å². The number of rotatable bonds is 5. The topological polar surface area (TPSA) is 23.5 Å². The lowest BCUT2D eigenvalue weighted by Gasteiger charge is -2.23. The monoisotopic (exact) mass is 261 g/mol. The van der Waals surface area contributed by atoms with Crippen LogP contribution in [-0.4, -0.2) is 29.3 Å². The van der Waals surface area contributed by atoms with E-state index in [1.54, 1.807) is 12.1 Å². The second kappa shape index (κ2) is 6.09. The molecule has 0 saturated carbocycles. The standard InChI is InChI=1S/C13H18F3NO/c1-3-6-17(9-13(14,15)16)8-11-7-10(2)4-5-12(11)18/h4-5,7,18H,3,6,8-9H2,1-2H3. The molecule has 2 nitrogen and oxygen atoms in total. The summed E-state index contributed by atoms with van der Waals surface area (Å²) in [4.78, 5) is 1.30. The minimum absolute atomic E-state index is 0.0453. The molecular formula is C13H18F3NO. The molecule has 102 valence electrons. The third-order valence-corrected chi connectivity index (χ3v) is 2.57. The molecule has 1 rings (SSSR count). The first-order valence-electron chi connectivity index (χ1n) is 5.89. The number of phenols is 1. The van der Waals surface area contributed by atoms with E-state index >= 15 is 0 Å². The summed E-state index contributed by atoms with van der Waals surface area (Å²) < 4.78 is 37.2. The number of nitrogens with zero attached hydrogens (tertiary/aromatic N) is 1. The predicted molar refractivity (Wildman–Crippen MR) is 64.5 cm³/mol. The molecular weight excluding hydrogens is 243 g/mol. The van der Waals surface area contributed by atoms with Gasteiger partial charge in [-0.15, -0.1) is 0 Å². The Morgan fingerprint density at radius 1 is 1.28 bits per heavy atom. The van der Waals surface area contributed by atoms with Gasteiger partial charge in [-0.3, -0.25) is 4.90 Å². The summed E-state index contributed by atoms with van der Waals surface area (Å²) in [5.74, 6) is 0.0453. The van der Waals surface area contributed by atoms with Crippen molar-refractivity contribution in [3.63, 3.8) is 0 Å². The summed E-state index contributed by atoms with van der Waals surface area (Å²) in [6, 6.07) is 4.96. The average molecular weight is 261 g/mol. The van der Waals surface area contributed by atoms with Crippen molar-refractivity contribution in [1.29, 1.82) is 0 Å². The smallest absolute Gasteiger partial charge is 0.401 e. The number of hydrogen-bond donors (Lipinski definition) is 1. The molecule has 0 radical (unpaired) electrons. The molecule has 0 saturated heterocycles. The van der Waals surface area contributed by atoms with Crippen molar-refractivity contribution in [2.45, 2.75) is 33.0 Å². The van der Waals surface area contributed by atoms with Gasteiger partial charge < -0.3 is 5.11 Å². The van der Waals surface area contributed by atoms with Crippen LogP contribution in [0, 0.1) is 6.92 Å². The van der Waals surface area contributed by atoms with Crippen LogP contribution >= 0.6 is 0 Å². The number of benzene rings is 1. The predicted octanol–water partition coefficient (Wildman–Crippen LogP) is 3.47. The molecule has 0 aliphatic carbocycles. The largest absolute Gasteiger partial charge is 0.508 e. The molecule has 1 aromatic carbocycles. The van der Waals surface area contributed by atoms with E-state index in [4.69, 9.17) is 0 Å². The molecule has 0 heterocycles. The zero-order valence-electron chi connectivity index (χ0n) is 10.6. The minimum Gasteiger partial charge on any atom is -0.508 e. The fourth-order valence-electron chi connectivity index (χ4n) is 1.87. The minimum atomic E-state index is -4.21. The van der Waals surface area contributed by atoms with E-state index in [1.807, 2.05) is 13.8 Å². The molecule has 0 aromatic heterocycles. The van der Waals surface area contributed by atoms with E-state index in [2.05, 4.69) is 0 Å². The second-order valence-corrected chi connectivity index (χ2v) is 4.46. The SMILES string of the molecule is CCCN(Cc1cc(C)ccc1O)CC(F)(F)F. The molecule has 0 amide bonds. The summed E-state index contributed by atoms with van der Waals surface area (Å²) in [5, 5.41) is 9.64. The maximum Gasteiger partial charge on any atom is 0.401 e. The van der Waals surface area contributed by atoms with Gasteiger partial charge in [0.15, 0.2) is 0 Å². The van der Waals surface area contributed by atoms with Crippen molar-refractivity contribution in [1.82, 2.24) is 4.90 Å². The third-order valence-electron chi connectivity index (χ3n) is 2.57. The zero-order valence-corrected chi connectivity index (χ0v) is 10.6. The maximum absolute atomic E-state index is 12.4. The van der Waals surface area contributed by atoms with Crippen molar-refractivity contribution in [3.8, 4) is 5.75 Å². The summed E-state index contributed by atoms with van der Waals surface area (Å²) >= 11 is 0. The van der Waals surface area contributed by atoms with Crippen LogP contribution in [0.5, 0.6) is 5.75 Å². The fourth-order valence-corrected chi connectivity index (χ4v) is 1.87. The number of aryl methyl sites for hydroxylation is 1. The van der Waals surface area contributed by atoms with Gasteiger partial charge in [-0.05, 0) is 26.0 Å². The van der Waals surface area contributed by atoms with Gasteiger partial charge in [0.1, 0.15) is 5.75 Å². The van der Waals surface area contributed by atoms with E-state index in [0.717, 1.165) is 5.56 Å². The third kappa shape index (κ3) is 4.96. The quantitative estimate of drug-likeness (QED) is 0.877. The van der Waals surface area contributed by atoms with Crippen molar-refractivity contribution >= 4 is 0 Å². The Hall–Kier alpha value is -1.23. The molecule has 0 atom stereocenters. The van der Waals surface area contributed by atoms with E-state index in [1.165, 1.54) is 11.0 Å². The first-order valence-corrected chi connectivity index (χ1v) is 5.89. The number of halogens is 3. The first kappa shape index (κ1) is 14.8. The van der Waals surface area contributed by atoms with E-state index < -0.39 is 12.7 Å². The highest BCUT2D eigenvalue weighted by Gasteiger charge is 2.30. The van der Waals surface area contributed by atoms with Crippen LogP contribution in [0.15, 0.2) is 18.2 Å². The van der Waals surface area contributed by atoms with Crippen molar-refractivity contribution < 1.29 is 18.3 Å². The molecule has 0 bridgehead atoms. The molecule has 1 N–H and O–H groups in total. The molecule has 0 spiro atoms. The molecule has 0 aliphatic rings. The highest BCUT2D eigenvalue weighted by atomic mass is 19.4. The van der Waals surface area contributed by atoms with Gasteiger partial charge in [-0.1, -0.05) is 24.6 Å². The van der Waals surface area contributed by atoms with Gasteiger partial charge in [0.2, 0.25) is 0 Å². The number of phenolic OH excluding ortho intramolecular Hbond substituents is 1. The summed E-state index contributed by atoms with van der Waals surface area (Å²) in [6.07, 6.45) is -3.57. The number of alkyl halides is 3. The Kier molecular flexibility index (Phi) is 5.02. The van der Waals surface area contributed by atoms with Gasteiger partial charge in [-0.2, -0.15) is 13.2 Å². The van der Waals surface area contributed by atoms with Crippen LogP contribution in [0.3, 0.4) is 0 Å². The van der Waals surface area contributed by atoms with Gasteiger partial charge in [0.05, 0.1) is 6.54 Å². The van der Waals surface area contributed by atoms with Crippen LogP contribution < -0.4 is 0 Å². The Bertz CT molecular complexity index is 390. The lowest BCUT2D eigenvalue weighted by molar-refractivity contribution is -0.147. The Morgan fingerprint density at radius 2 is 1.94 bits per heavy atom. The lowest BCUT2D eigenvalue weighted by Crippen LogP contribution is -2.34. The summed E-state index contributed by atoms with van der Waals surface area (Å²) in [6.45, 7) is 3.19. The highest BCUT2D eigenvalue weighted by Crippen LogP contribution is 2.23. The van der Waals surface area contributed by atoms with E-state index in [-0.39, 0.29) is 12.3 Å². The maximum atomic E-state index is 12.4. The Labute approximate surface area is 105 Å². The molecule has 5 heteroatoms. The van der Waals surface area contributed by atoms with Gasteiger partial charge in [0, 0.05) is 12.1 Å². The lowest BCUT2D eigenvalue weighted by atomic mass is 10.1. The number of hydrogen-bond acceptors (Lipinski definition) is 2. The Morgan fingerprint density at radius 3 is 2.50 bits per heavy atom. The molecule has 0 fully saturated rings. The second-order valence-electron chi connectivity index (χ2n) is 4.46. The number of aromatic hydroxyl groups is 1. The highest BCUT2D eigenvalue weighted by molar-refractivity contribution is 5.35. The van der Waals surface area contributed by atoms with Crippen LogP contribution in [0.1, 0.15) is 24.5 Å². The zero-order chi connectivity index (χ0) is 13.8. The van der Waals surface area contributed by atoms with Crippen molar-refractivity contribution in [2.75, 3.05) is 13.1 Å². The van der Waals surface area contributed by atoms with Crippen molar-refractivity contribution in [2.24, 2.45) is 0 Å². The normalized spacial score (nSPS) is 12.1. The fraction of sp³-hybridized carbons (Fsp3) is 0.538. The van der Waals surface area contributed by atoms with Crippen LogP contribution in [-0.2, 0) is 6.54 Å². The first-order chi connectivity index (χ1) is 8.31. The molecule has 0 aliphatic heterocycles. The molecule has 18 heavy (non-hydrogen) atoms. The summed E-state index contributed by atoms with van der Waals surface area (Å²) in [5.41, 5.74) is 1.46. The molecule has 0 unspecified atom stereocenters. The molecule has 1 aromatic rings. The van der Waals surface area contributed by atoms with Gasteiger partial charge >= 0.3 is 6.18 Å². The Balaban J connectivity index is 2.79. The van der Waals surface area contributed by atoms with E-state index in [9.17, 15) is 18.3 Å². The van der Waals surface area contributed by atoms with Crippen LogP contribution in [0.4, 0.5) is 13.2 Å². The van der Waals surface area contributed by atoms with Gasteiger partial charge in [-0.25, -0.2) is 0 Å². The van der Waals surface area contributed by atoms with Gasteiger partial charge in [0.25, 0.3) is 0 Å². The van der Waals surface area contributed by atoms with Crippen molar-refractivity contribution in [3.05, 3.63) is 29.3 Å². The van der Waals surface area contributed by atoms with E-state index in [0.29, 0.717) is 18.5 Å². The average Bonchev–Trinajstić information content (AvgIpc) is 2.21. The summed E-state index contributed by atoms with van der Waals surface area (Å²) in [7, 11) is 0.